The lowest BCUT2D eigenvalue weighted by Gasteiger charge is -2.23. The molecule has 0 bridgehead atoms. The summed E-state index contributed by atoms with van der Waals surface area (Å²) >= 11 is 3.54. The number of rotatable bonds is 3. The minimum atomic E-state index is -0.168. The summed E-state index contributed by atoms with van der Waals surface area (Å²) in [6, 6.07) is 6.55. The molecule has 1 rings (SSSR count). The van der Waals surface area contributed by atoms with E-state index in [0.29, 0.717) is 6.04 Å². The zero-order chi connectivity index (χ0) is 12.3. The second-order valence-corrected chi connectivity index (χ2v) is 5.77. The predicted molar refractivity (Wildman–Crippen MR) is 72.0 cm³/mol. The SMILES string of the molecule is CNC(C)c1ccc(OC(C)(C)C)c(Br)c1. The number of halogens is 1. The molecule has 0 fully saturated rings. The summed E-state index contributed by atoms with van der Waals surface area (Å²) in [4.78, 5) is 0. The van der Waals surface area contributed by atoms with Crippen LogP contribution in [0.2, 0.25) is 0 Å². The third-order valence-electron chi connectivity index (χ3n) is 2.31. The Kier molecular flexibility index (Phi) is 4.39. The smallest absolute Gasteiger partial charge is 0.134 e. The Morgan fingerprint density at radius 1 is 1.31 bits per heavy atom. The van der Waals surface area contributed by atoms with Gasteiger partial charge in [0, 0.05) is 6.04 Å². The van der Waals surface area contributed by atoms with Crippen LogP contribution in [0.3, 0.4) is 0 Å². The molecular formula is C13H20BrNO. The second kappa shape index (κ2) is 5.19. The van der Waals surface area contributed by atoms with E-state index in [0.717, 1.165) is 10.2 Å². The molecule has 0 amide bonds. The molecule has 0 aliphatic carbocycles. The highest BCUT2D eigenvalue weighted by Crippen LogP contribution is 2.30. The molecule has 0 aromatic heterocycles. The van der Waals surface area contributed by atoms with Gasteiger partial charge in [-0.15, -0.1) is 0 Å². The highest BCUT2D eigenvalue weighted by Gasteiger charge is 2.14. The first-order chi connectivity index (χ1) is 7.33. The maximum Gasteiger partial charge on any atom is 0.134 e. The van der Waals surface area contributed by atoms with Crippen molar-refractivity contribution in [1.29, 1.82) is 0 Å². The van der Waals surface area contributed by atoms with Gasteiger partial charge >= 0.3 is 0 Å². The maximum atomic E-state index is 5.83. The summed E-state index contributed by atoms with van der Waals surface area (Å²) in [7, 11) is 1.96. The Bertz CT molecular complexity index is 357. The highest BCUT2D eigenvalue weighted by molar-refractivity contribution is 9.10. The van der Waals surface area contributed by atoms with Gasteiger partial charge in [0.1, 0.15) is 11.4 Å². The largest absolute Gasteiger partial charge is 0.487 e. The normalized spacial score (nSPS) is 13.6. The molecule has 1 atom stereocenters. The Labute approximate surface area is 107 Å². The fourth-order valence-electron chi connectivity index (χ4n) is 1.37. The molecule has 0 saturated heterocycles. The van der Waals surface area contributed by atoms with E-state index in [1.54, 1.807) is 0 Å². The van der Waals surface area contributed by atoms with Gasteiger partial charge in [0.15, 0.2) is 0 Å². The van der Waals surface area contributed by atoms with Crippen molar-refractivity contribution in [1.82, 2.24) is 5.32 Å². The molecule has 0 aliphatic rings. The Morgan fingerprint density at radius 2 is 1.94 bits per heavy atom. The van der Waals surface area contributed by atoms with Crippen LogP contribution in [0.4, 0.5) is 0 Å². The third-order valence-corrected chi connectivity index (χ3v) is 2.92. The van der Waals surface area contributed by atoms with Gasteiger partial charge in [0.25, 0.3) is 0 Å². The van der Waals surface area contributed by atoms with E-state index in [1.807, 2.05) is 33.9 Å². The first-order valence-corrected chi connectivity index (χ1v) is 6.28. The Hall–Kier alpha value is -0.540. The van der Waals surface area contributed by atoms with Gasteiger partial charge in [-0.1, -0.05) is 6.07 Å². The van der Waals surface area contributed by atoms with Crippen LogP contribution in [0.25, 0.3) is 0 Å². The van der Waals surface area contributed by atoms with Crippen LogP contribution in [-0.2, 0) is 0 Å². The number of hydrogen-bond donors (Lipinski definition) is 1. The van der Waals surface area contributed by atoms with Crippen LogP contribution in [0.1, 0.15) is 39.3 Å². The topological polar surface area (TPSA) is 21.3 Å². The monoisotopic (exact) mass is 285 g/mol. The van der Waals surface area contributed by atoms with Crippen LogP contribution < -0.4 is 10.1 Å². The van der Waals surface area contributed by atoms with Crippen molar-refractivity contribution in [2.24, 2.45) is 0 Å². The van der Waals surface area contributed by atoms with Gasteiger partial charge in [-0.25, -0.2) is 0 Å². The van der Waals surface area contributed by atoms with Crippen molar-refractivity contribution < 1.29 is 4.74 Å². The van der Waals surface area contributed by atoms with Crippen LogP contribution in [0.15, 0.2) is 22.7 Å². The number of ether oxygens (including phenoxy) is 1. The summed E-state index contributed by atoms with van der Waals surface area (Å²) in [5.41, 5.74) is 1.08. The average Bonchev–Trinajstić information content (AvgIpc) is 2.18. The fraction of sp³-hybridized carbons (Fsp3) is 0.538. The van der Waals surface area contributed by atoms with Crippen LogP contribution in [0, 0.1) is 0 Å². The number of benzene rings is 1. The van der Waals surface area contributed by atoms with Crippen LogP contribution in [-0.4, -0.2) is 12.6 Å². The van der Waals surface area contributed by atoms with Gasteiger partial charge in [-0.3, -0.25) is 0 Å². The fourth-order valence-corrected chi connectivity index (χ4v) is 1.84. The second-order valence-electron chi connectivity index (χ2n) is 4.91. The van der Waals surface area contributed by atoms with E-state index < -0.39 is 0 Å². The van der Waals surface area contributed by atoms with Gasteiger partial charge in [-0.2, -0.15) is 0 Å². The summed E-state index contributed by atoms with van der Waals surface area (Å²) in [5, 5.41) is 3.21. The summed E-state index contributed by atoms with van der Waals surface area (Å²) < 4.78 is 6.84. The van der Waals surface area contributed by atoms with Gasteiger partial charge in [0.2, 0.25) is 0 Å². The van der Waals surface area contributed by atoms with Crippen molar-refractivity contribution in [2.45, 2.75) is 39.3 Å². The number of nitrogens with one attached hydrogen (secondary N) is 1. The summed E-state index contributed by atoms with van der Waals surface area (Å²) in [5.74, 6) is 0.888. The van der Waals surface area contributed by atoms with E-state index in [-0.39, 0.29) is 5.60 Å². The Morgan fingerprint density at radius 3 is 2.38 bits per heavy atom. The number of hydrogen-bond acceptors (Lipinski definition) is 2. The molecule has 1 aromatic carbocycles. The van der Waals surface area contributed by atoms with E-state index in [1.165, 1.54) is 5.56 Å². The third kappa shape index (κ3) is 3.80. The minimum absolute atomic E-state index is 0.168. The quantitative estimate of drug-likeness (QED) is 0.909. The van der Waals surface area contributed by atoms with Gasteiger partial charge in [0.05, 0.1) is 4.47 Å². The lowest BCUT2D eigenvalue weighted by molar-refractivity contribution is 0.130. The van der Waals surface area contributed by atoms with Crippen molar-refractivity contribution in [3.05, 3.63) is 28.2 Å². The molecule has 0 radical (unpaired) electrons. The molecule has 16 heavy (non-hydrogen) atoms. The Balaban J connectivity index is 2.92. The minimum Gasteiger partial charge on any atom is -0.487 e. The molecule has 1 N–H and O–H groups in total. The van der Waals surface area contributed by atoms with E-state index >= 15 is 0 Å². The molecular weight excluding hydrogens is 266 g/mol. The van der Waals surface area contributed by atoms with Crippen molar-refractivity contribution >= 4 is 15.9 Å². The molecule has 0 heterocycles. The molecule has 0 saturated carbocycles. The zero-order valence-electron chi connectivity index (χ0n) is 10.6. The van der Waals surface area contributed by atoms with Crippen molar-refractivity contribution in [2.75, 3.05) is 7.05 Å². The first kappa shape index (κ1) is 13.5. The lowest BCUT2D eigenvalue weighted by atomic mass is 10.1. The molecule has 0 aliphatic heterocycles. The van der Waals surface area contributed by atoms with Crippen molar-refractivity contribution in [3.63, 3.8) is 0 Å². The predicted octanol–water partition coefficient (Wildman–Crippen LogP) is 3.91. The van der Waals surface area contributed by atoms with E-state index in [2.05, 4.69) is 40.3 Å². The standard InChI is InChI=1S/C13H20BrNO/c1-9(15-5)10-6-7-12(11(14)8-10)16-13(2,3)4/h6-9,15H,1-5H3. The van der Waals surface area contributed by atoms with Gasteiger partial charge < -0.3 is 10.1 Å². The zero-order valence-corrected chi connectivity index (χ0v) is 12.2. The first-order valence-electron chi connectivity index (χ1n) is 5.49. The lowest BCUT2D eigenvalue weighted by Crippen LogP contribution is -2.23. The summed E-state index contributed by atoms with van der Waals surface area (Å²) in [6.45, 7) is 8.27. The van der Waals surface area contributed by atoms with Crippen LogP contribution >= 0.6 is 15.9 Å². The molecule has 2 nitrogen and oxygen atoms in total. The van der Waals surface area contributed by atoms with Gasteiger partial charge in [-0.05, 0) is 68.4 Å². The molecule has 90 valence electrons. The van der Waals surface area contributed by atoms with E-state index in [9.17, 15) is 0 Å². The van der Waals surface area contributed by atoms with E-state index in [4.69, 9.17) is 4.74 Å². The van der Waals surface area contributed by atoms with Crippen molar-refractivity contribution in [3.8, 4) is 5.75 Å². The maximum absolute atomic E-state index is 5.83. The van der Waals surface area contributed by atoms with Crippen LogP contribution in [0.5, 0.6) is 5.75 Å². The summed E-state index contributed by atoms with van der Waals surface area (Å²) in [6.07, 6.45) is 0. The highest BCUT2D eigenvalue weighted by atomic mass is 79.9. The average molecular weight is 286 g/mol. The molecule has 1 aromatic rings. The molecule has 3 heteroatoms. The molecule has 1 unspecified atom stereocenters. The molecule has 0 spiro atoms.